The number of ether oxygens (including phenoxy) is 2. The van der Waals surface area contributed by atoms with E-state index in [1.54, 1.807) is 0 Å². The van der Waals surface area contributed by atoms with Crippen LogP contribution in [0.5, 0.6) is 11.5 Å². The summed E-state index contributed by atoms with van der Waals surface area (Å²) in [5.41, 5.74) is 0. The van der Waals surface area contributed by atoms with Crippen molar-refractivity contribution in [3.05, 3.63) is 24.4 Å². The van der Waals surface area contributed by atoms with E-state index in [4.69, 9.17) is 9.47 Å². The molecule has 0 radical (unpaired) electrons. The summed E-state index contributed by atoms with van der Waals surface area (Å²) in [6.07, 6.45) is 1.90. The van der Waals surface area contributed by atoms with Gasteiger partial charge in [0.05, 0.1) is 0 Å². The van der Waals surface area contributed by atoms with Crippen LogP contribution in [0, 0.1) is 11.8 Å². The fourth-order valence-corrected chi connectivity index (χ4v) is 3.83. The number of anilines is 1. The summed E-state index contributed by atoms with van der Waals surface area (Å²) in [6, 6.07) is 6.17. The number of aromatic nitrogens is 1. The van der Waals surface area contributed by atoms with Crippen LogP contribution in [-0.2, 0) is 0 Å². The Morgan fingerprint density at radius 3 is 2.67 bits per heavy atom. The molecule has 3 aliphatic rings. The quantitative estimate of drug-likeness (QED) is 0.861. The van der Waals surface area contributed by atoms with Gasteiger partial charge in [-0.15, -0.1) is 0 Å². The molecule has 2 saturated heterocycles. The summed E-state index contributed by atoms with van der Waals surface area (Å²) in [7, 11) is 0. The highest BCUT2D eigenvalue weighted by Gasteiger charge is 2.37. The van der Waals surface area contributed by atoms with E-state index in [-0.39, 0.29) is 0 Å². The van der Waals surface area contributed by atoms with Gasteiger partial charge in [-0.25, -0.2) is 4.98 Å². The average Bonchev–Trinajstić information content (AvgIpc) is 3.18. The SMILES string of the molecule is c1cc2cc3c(cc2c(N2C[C@H]4CNC[C@H]4C2)n1)OCO3. The zero-order valence-corrected chi connectivity index (χ0v) is 11.7. The van der Waals surface area contributed by atoms with Crippen molar-refractivity contribution in [3.63, 3.8) is 0 Å². The molecule has 0 aliphatic carbocycles. The number of fused-ring (bicyclic) bond motifs is 3. The Morgan fingerprint density at radius 2 is 1.86 bits per heavy atom. The first-order valence-corrected chi connectivity index (χ1v) is 7.52. The second-order valence-electron chi connectivity index (χ2n) is 6.14. The smallest absolute Gasteiger partial charge is 0.231 e. The third-order valence-corrected chi connectivity index (χ3v) is 4.93. The molecular formula is C16H17N3O2. The van der Waals surface area contributed by atoms with Gasteiger partial charge in [-0.2, -0.15) is 0 Å². The molecule has 0 saturated carbocycles. The van der Waals surface area contributed by atoms with Crippen LogP contribution < -0.4 is 19.7 Å². The van der Waals surface area contributed by atoms with Gasteiger partial charge in [0.2, 0.25) is 6.79 Å². The van der Waals surface area contributed by atoms with Gasteiger partial charge in [-0.3, -0.25) is 0 Å². The Morgan fingerprint density at radius 1 is 1.10 bits per heavy atom. The molecule has 0 bridgehead atoms. The van der Waals surface area contributed by atoms with Gasteiger partial charge >= 0.3 is 0 Å². The van der Waals surface area contributed by atoms with Gasteiger partial charge in [0, 0.05) is 37.8 Å². The van der Waals surface area contributed by atoms with E-state index in [0.29, 0.717) is 6.79 Å². The fraction of sp³-hybridized carbons (Fsp3) is 0.438. The molecule has 1 aromatic carbocycles. The zero-order valence-electron chi connectivity index (χ0n) is 11.7. The molecule has 3 aliphatic heterocycles. The Kier molecular flexibility index (Phi) is 2.35. The minimum absolute atomic E-state index is 0.313. The van der Waals surface area contributed by atoms with Crippen molar-refractivity contribution in [1.29, 1.82) is 0 Å². The van der Waals surface area contributed by atoms with E-state index in [9.17, 15) is 0 Å². The highest BCUT2D eigenvalue weighted by atomic mass is 16.7. The molecule has 1 N–H and O–H groups in total. The minimum atomic E-state index is 0.313. The third kappa shape index (κ3) is 1.70. The topological polar surface area (TPSA) is 46.6 Å². The molecule has 0 spiro atoms. The molecule has 5 rings (SSSR count). The summed E-state index contributed by atoms with van der Waals surface area (Å²) in [4.78, 5) is 7.08. The summed E-state index contributed by atoms with van der Waals surface area (Å²) >= 11 is 0. The maximum atomic E-state index is 5.52. The van der Waals surface area contributed by atoms with Crippen molar-refractivity contribution >= 4 is 16.6 Å². The molecule has 0 amide bonds. The van der Waals surface area contributed by atoms with Gasteiger partial charge in [-0.1, -0.05) is 0 Å². The highest BCUT2D eigenvalue weighted by Crippen LogP contribution is 2.40. The summed E-state index contributed by atoms with van der Waals surface area (Å²) in [5.74, 6) is 4.27. The number of hydrogen-bond donors (Lipinski definition) is 1. The van der Waals surface area contributed by atoms with E-state index < -0.39 is 0 Å². The molecule has 108 valence electrons. The molecular weight excluding hydrogens is 266 g/mol. The summed E-state index contributed by atoms with van der Waals surface area (Å²) in [5, 5.41) is 5.81. The van der Waals surface area contributed by atoms with Crippen molar-refractivity contribution in [2.75, 3.05) is 37.9 Å². The zero-order chi connectivity index (χ0) is 13.8. The molecule has 5 heteroatoms. The molecule has 4 heterocycles. The molecule has 21 heavy (non-hydrogen) atoms. The van der Waals surface area contributed by atoms with Crippen LogP contribution in [0.25, 0.3) is 10.8 Å². The monoisotopic (exact) mass is 283 g/mol. The first-order valence-electron chi connectivity index (χ1n) is 7.52. The lowest BCUT2D eigenvalue weighted by Gasteiger charge is -2.20. The van der Waals surface area contributed by atoms with E-state index in [2.05, 4.69) is 27.3 Å². The number of benzene rings is 1. The minimum Gasteiger partial charge on any atom is -0.454 e. The van der Waals surface area contributed by atoms with Crippen LogP contribution in [0.1, 0.15) is 0 Å². The maximum absolute atomic E-state index is 5.52. The molecule has 1 aromatic heterocycles. The number of pyridine rings is 1. The predicted octanol–water partition coefficient (Wildman–Crippen LogP) is 1.62. The normalized spacial score (nSPS) is 26.6. The second kappa shape index (κ2) is 4.24. The molecule has 0 unspecified atom stereocenters. The number of hydrogen-bond acceptors (Lipinski definition) is 5. The molecule has 5 nitrogen and oxygen atoms in total. The fourth-order valence-electron chi connectivity index (χ4n) is 3.83. The van der Waals surface area contributed by atoms with Crippen molar-refractivity contribution in [1.82, 2.24) is 10.3 Å². The highest BCUT2D eigenvalue weighted by molar-refractivity contribution is 5.94. The molecule has 2 aromatic rings. The first kappa shape index (κ1) is 11.6. The molecule has 2 atom stereocenters. The second-order valence-corrected chi connectivity index (χ2v) is 6.14. The Labute approximate surface area is 122 Å². The van der Waals surface area contributed by atoms with Gasteiger partial charge in [0.1, 0.15) is 5.82 Å². The summed E-state index contributed by atoms with van der Waals surface area (Å²) in [6.45, 7) is 4.78. The number of nitrogens with one attached hydrogen (secondary N) is 1. The van der Waals surface area contributed by atoms with Gasteiger partial charge in [0.25, 0.3) is 0 Å². The van der Waals surface area contributed by atoms with Crippen LogP contribution in [0.15, 0.2) is 24.4 Å². The van der Waals surface area contributed by atoms with Gasteiger partial charge < -0.3 is 19.7 Å². The lowest BCUT2D eigenvalue weighted by molar-refractivity contribution is 0.174. The van der Waals surface area contributed by atoms with E-state index in [1.807, 2.05) is 12.3 Å². The number of rotatable bonds is 1. The Hall–Kier alpha value is -2.01. The van der Waals surface area contributed by atoms with Gasteiger partial charge in [0.15, 0.2) is 11.5 Å². The summed E-state index contributed by atoms with van der Waals surface area (Å²) < 4.78 is 11.0. The lowest BCUT2D eigenvalue weighted by atomic mass is 10.0. The maximum Gasteiger partial charge on any atom is 0.231 e. The van der Waals surface area contributed by atoms with Crippen LogP contribution >= 0.6 is 0 Å². The van der Waals surface area contributed by atoms with Crippen molar-refractivity contribution in [2.45, 2.75) is 0 Å². The third-order valence-electron chi connectivity index (χ3n) is 4.93. The largest absolute Gasteiger partial charge is 0.454 e. The Balaban J connectivity index is 1.60. The average molecular weight is 283 g/mol. The van der Waals surface area contributed by atoms with Gasteiger partial charge in [-0.05, 0) is 35.4 Å². The van der Waals surface area contributed by atoms with E-state index in [1.165, 1.54) is 5.39 Å². The van der Waals surface area contributed by atoms with Crippen molar-refractivity contribution in [2.24, 2.45) is 11.8 Å². The first-order chi connectivity index (χ1) is 10.4. The van der Waals surface area contributed by atoms with Crippen LogP contribution in [0.2, 0.25) is 0 Å². The predicted molar refractivity (Wildman–Crippen MR) is 79.9 cm³/mol. The Bertz CT molecular complexity index is 706. The van der Waals surface area contributed by atoms with Crippen LogP contribution in [0.3, 0.4) is 0 Å². The standard InChI is InChI=1S/C16H17N3O2/c1-2-18-16(19-7-11-5-17-6-12(11)8-19)13-4-15-14(3-10(1)13)20-9-21-15/h1-4,11-12,17H,5-9H2/t11-,12+. The molecule has 2 fully saturated rings. The van der Waals surface area contributed by atoms with Crippen molar-refractivity contribution in [3.8, 4) is 11.5 Å². The van der Waals surface area contributed by atoms with Crippen LogP contribution in [0.4, 0.5) is 5.82 Å². The number of nitrogens with zero attached hydrogens (tertiary/aromatic N) is 2. The van der Waals surface area contributed by atoms with E-state index in [0.717, 1.165) is 60.7 Å². The van der Waals surface area contributed by atoms with Crippen LogP contribution in [-0.4, -0.2) is 38.0 Å². The lowest BCUT2D eigenvalue weighted by Crippen LogP contribution is -2.26. The van der Waals surface area contributed by atoms with Crippen molar-refractivity contribution < 1.29 is 9.47 Å². The van der Waals surface area contributed by atoms with E-state index >= 15 is 0 Å².